The van der Waals surface area contributed by atoms with Crippen molar-refractivity contribution >= 4 is 21.7 Å². The lowest BCUT2D eigenvalue weighted by atomic mass is 10.2. The van der Waals surface area contributed by atoms with E-state index in [2.05, 4.69) is 0 Å². The smallest absolute Gasteiger partial charge is 0.342 e. The van der Waals surface area contributed by atoms with Gasteiger partial charge in [-0.2, -0.15) is 0 Å². The Morgan fingerprint density at radius 3 is 2.62 bits per heavy atom. The lowest BCUT2D eigenvalue weighted by Crippen LogP contribution is -2.43. The molecule has 1 fully saturated rings. The first-order valence-electron chi connectivity index (χ1n) is 8.31. The van der Waals surface area contributed by atoms with Gasteiger partial charge in [0.05, 0.1) is 18.6 Å². The third-order valence-corrected chi connectivity index (χ3v) is 5.94. The Balaban J connectivity index is 2.00. The van der Waals surface area contributed by atoms with Crippen molar-refractivity contribution in [3.8, 4) is 11.5 Å². The normalized spacial score (nSPS) is 18.3. The highest BCUT2D eigenvalue weighted by atomic mass is 32.2. The van der Waals surface area contributed by atoms with Crippen molar-refractivity contribution in [1.29, 1.82) is 0 Å². The lowest BCUT2D eigenvalue weighted by Gasteiger charge is -2.27. The highest BCUT2D eigenvalue weighted by Gasteiger charge is 2.34. The minimum Gasteiger partial charge on any atom is -0.507 e. The summed E-state index contributed by atoms with van der Waals surface area (Å²) >= 11 is 0. The Morgan fingerprint density at radius 1 is 1.35 bits per heavy atom. The number of sulfone groups is 1. The number of phenolic OH excluding ortho intramolecular Hbond substituents is 1. The summed E-state index contributed by atoms with van der Waals surface area (Å²) in [7, 11) is -1.70. The van der Waals surface area contributed by atoms with Crippen molar-refractivity contribution in [3.63, 3.8) is 0 Å². The molecule has 1 aromatic carbocycles. The van der Waals surface area contributed by atoms with Gasteiger partial charge in [-0.1, -0.05) is 6.92 Å². The van der Waals surface area contributed by atoms with E-state index in [1.165, 1.54) is 30.2 Å². The molecular formula is C17H23NO7S. The van der Waals surface area contributed by atoms with E-state index < -0.39 is 28.3 Å². The first-order chi connectivity index (χ1) is 12.3. The van der Waals surface area contributed by atoms with Crippen molar-refractivity contribution in [2.75, 3.05) is 31.8 Å². The van der Waals surface area contributed by atoms with E-state index in [1.807, 2.05) is 6.92 Å². The van der Waals surface area contributed by atoms with Gasteiger partial charge in [0.1, 0.15) is 17.1 Å². The maximum absolute atomic E-state index is 12.4. The third kappa shape index (κ3) is 4.87. The summed E-state index contributed by atoms with van der Waals surface area (Å²) in [6.07, 6.45) is 1.05. The Hall–Kier alpha value is -2.29. The number of phenols is 1. The Labute approximate surface area is 152 Å². The predicted octanol–water partition coefficient (Wildman–Crippen LogP) is 0.983. The van der Waals surface area contributed by atoms with Gasteiger partial charge in [0.25, 0.3) is 5.91 Å². The summed E-state index contributed by atoms with van der Waals surface area (Å²) in [6, 6.07) is 3.71. The zero-order valence-electron chi connectivity index (χ0n) is 14.8. The molecule has 1 amide bonds. The standard InChI is InChI=1S/C17H23NO7S/c1-3-7-18(12-6-8-26(22,23)11-12)16(20)10-25-17(21)14-5-4-13(24-2)9-15(14)19/h4-5,9,12,19H,3,6-8,10-11H2,1-2H3/t12-/m1/s1. The summed E-state index contributed by atoms with van der Waals surface area (Å²) < 4.78 is 33.2. The number of hydrogen-bond acceptors (Lipinski definition) is 7. The number of carbonyl (C=O) groups excluding carboxylic acids is 2. The van der Waals surface area contributed by atoms with Gasteiger partial charge in [0.15, 0.2) is 16.4 Å². The zero-order chi connectivity index (χ0) is 19.3. The van der Waals surface area contributed by atoms with Crippen LogP contribution in [-0.4, -0.2) is 68.1 Å². The molecule has 0 aliphatic carbocycles. The molecule has 1 heterocycles. The van der Waals surface area contributed by atoms with Crippen LogP contribution < -0.4 is 4.74 Å². The number of ether oxygens (including phenoxy) is 2. The lowest BCUT2D eigenvalue weighted by molar-refractivity contribution is -0.136. The number of benzene rings is 1. The van der Waals surface area contributed by atoms with Gasteiger partial charge < -0.3 is 19.5 Å². The molecule has 1 saturated heterocycles. The average molecular weight is 385 g/mol. The third-order valence-electron chi connectivity index (χ3n) is 4.19. The second kappa shape index (κ2) is 8.39. The van der Waals surface area contributed by atoms with Crippen molar-refractivity contribution in [2.24, 2.45) is 0 Å². The monoisotopic (exact) mass is 385 g/mol. The zero-order valence-corrected chi connectivity index (χ0v) is 15.6. The van der Waals surface area contributed by atoms with E-state index >= 15 is 0 Å². The summed E-state index contributed by atoms with van der Waals surface area (Å²) in [6.45, 7) is 1.76. The van der Waals surface area contributed by atoms with Gasteiger partial charge >= 0.3 is 5.97 Å². The number of methoxy groups -OCH3 is 1. The van der Waals surface area contributed by atoms with Crippen LogP contribution in [0.2, 0.25) is 0 Å². The summed E-state index contributed by atoms with van der Waals surface area (Å²) in [5, 5.41) is 9.84. The van der Waals surface area contributed by atoms with Crippen molar-refractivity contribution in [3.05, 3.63) is 23.8 Å². The molecule has 0 saturated carbocycles. The topological polar surface area (TPSA) is 110 Å². The molecule has 1 aliphatic heterocycles. The summed E-state index contributed by atoms with van der Waals surface area (Å²) in [4.78, 5) is 26.0. The first-order valence-corrected chi connectivity index (χ1v) is 10.1. The number of carbonyl (C=O) groups is 2. The maximum Gasteiger partial charge on any atom is 0.342 e. The fraction of sp³-hybridized carbons (Fsp3) is 0.529. The second-order valence-corrected chi connectivity index (χ2v) is 8.33. The molecule has 0 spiro atoms. The summed E-state index contributed by atoms with van der Waals surface area (Å²) in [5.74, 6) is -1.22. The number of nitrogens with zero attached hydrogens (tertiary/aromatic N) is 1. The molecule has 144 valence electrons. The second-order valence-electron chi connectivity index (χ2n) is 6.10. The van der Waals surface area contributed by atoms with E-state index in [0.29, 0.717) is 25.1 Å². The molecule has 9 heteroatoms. The maximum atomic E-state index is 12.4. The molecule has 8 nitrogen and oxygen atoms in total. The van der Waals surface area contributed by atoms with Gasteiger partial charge in [-0.05, 0) is 25.0 Å². The van der Waals surface area contributed by atoms with Crippen LogP contribution >= 0.6 is 0 Å². The van der Waals surface area contributed by atoms with Crippen LogP contribution in [0.3, 0.4) is 0 Å². The fourth-order valence-electron chi connectivity index (χ4n) is 2.87. The van der Waals surface area contributed by atoms with Gasteiger partial charge in [-0.3, -0.25) is 4.79 Å². The Kier molecular flexibility index (Phi) is 6.47. The molecule has 26 heavy (non-hydrogen) atoms. The van der Waals surface area contributed by atoms with Gasteiger partial charge in [0.2, 0.25) is 0 Å². The quantitative estimate of drug-likeness (QED) is 0.697. The van der Waals surface area contributed by atoms with Crippen LogP contribution in [0.25, 0.3) is 0 Å². The molecule has 1 aliphatic rings. The molecule has 0 unspecified atom stereocenters. The van der Waals surface area contributed by atoms with Gasteiger partial charge in [0, 0.05) is 18.7 Å². The Morgan fingerprint density at radius 2 is 2.08 bits per heavy atom. The van der Waals surface area contributed by atoms with Crippen LogP contribution in [0.5, 0.6) is 11.5 Å². The number of esters is 1. The van der Waals surface area contributed by atoms with Crippen molar-refractivity contribution < 1.29 is 32.6 Å². The molecule has 2 rings (SSSR count). The van der Waals surface area contributed by atoms with Crippen LogP contribution in [-0.2, 0) is 19.4 Å². The van der Waals surface area contributed by atoms with Gasteiger partial charge in [-0.15, -0.1) is 0 Å². The molecule has 1 aromatic rings. The molecule has 1 atom stereocenters. The van der Waals surface area contributed by atoms with Crippen molar-refractivity contribution in [1.82, 2.24) is 4.90 Å². The number of aromatic hydroxyl groups is 1. The number of rotatable bonds is 7. The largest absolute Gasteiger partial charge is 0.507 e. The van der Waals surface area contributed by atoms with Gasteiger partial charge in [-0.25, -0.2) is 13.2 Å². The van der Waals surface area contributed by atoms with Crippen LogP contribution in [0.4, 0.5) is 0 Å². The highest BCUT2D eigenvalue weighted by Crippen LogP contribution is 2.24. The Bertz CT molecular complexity index is 775. The highest BCUT2D eigenvalue weighted by molar-refractivity contribution is 7.91. The van der Waals surface area contributed by atoms with E-state index in [9.17, 15) is 23.1 Å². The fourth-order valence-corrected chi connectivity index (χ4v) is 4.60. The molecule has 0 bridgehead atoms. The van der Waals surface area contributed by atoms with E-state index in [1.54, 1.807) is 0 Å². The minimum absolute atomic E-state index is 0.0602. The predicted molar refractivity (Wildman–Crippen MR) is 94.0 cm³/mol. The van der Waals surface area contributed by atoms with E-state index in [-0.39, 0.29) is 28.9 Å². The number of amides is 1. The SMILES string of the molecule is CCCN(C(=O)COC(=O)c1ccc(OC)cc1O)[C@@H]1CCS(=O)(=O)C1. The van der Waals surface area contributed by atoms with Crippen molar-refractivity contribution in [2.45, 2.75) is 25.8 Å². The molecule has 0 radical (unpaired) electrons. The molecular weight excluding hydrogens is 362 g/mol. The van der Waals surface area contributed by atoms with E-state index in [0.717, 1.165) is 0 Å². The van der Waals surface area contributed by atoms with Crippen LogP contribution in [0.1, 0.15) is 30.1 Å². The molecule has 1 N–H and O–H groups in total. The summed E-state index contributed by atoms with van der Waals surface area (Å²) in [5.41, 5.74) is -0.0796. The average Bonchev–Trinajstić information content (AvgIpc) is 2.96. The van der Waals surface area contributed by atoms with Crippen LogP contribution in [0, 0.1) is 0 Å². The molecule has 0 aromatic heterocycles. The van der Waals surface area contributed by atoms with E-state index in [4.69, 9.17) is 9.47 Å². The minimum atomic E-state index is -3.13. The first kappa shape index (κ1) is 20.0. The van der Waals surface area contributed by atoms with Crippen LogP contribution in [0.15, 0.2) is 18.2 Å². The number of hydrogen-bond donors (Lipinski definition) is 1.